The second-order valence-electron chi connectivity index (χ2n) is 5.49. The van der Waals surface area contributed by atoms with Crippen LogP contribution in [0.5, 0.6) is 0 Å². The van der Waals surface area contributed by atoms with Crippen LogP contribution in [0.3, 0.4) is 0 Å². The fraction of sp³-hybridized carbons (Fsp3) is 0.500. The Balaban J connectivity index is 2.31. The number of ether oxygens (including phenoxy) is 2. The van der Waals surface area contributed by atoms with Crippen LogP contribution in [0.1, 0.15) is 19.4 Å². The molecule has 1 aromatic carbocycles. The van der Waals surface area contributed by atoms with Gasteiger partial charge in [0.05, 0.1) is 14.2 Å². The second kappa shape index (κ2) is 6.85. The fourth-order valence-electron chi connectivity index (χ4n) is 2.40. The summed E-state index contributed by atoms with van der Waals surface area (Å²) in [4.78, 5) is 8.98. The molecule has 120 valence electrons. The number of hydrogen-bond acceptors (Lipinski definition) is 4. The van der Waals surface area contributed by atoms with Gasteiger partial charge >= 0.3 is 0 Å². The van der Waals surface area contributed by atoms with E-state index < -0.39 is 17.7 Å². The third-order valence-electron chi connectivity index (χ3n) is 3.56. The van der Waals surface area contributed by atoms with Crippen molar-refractivity contribution in [1.82, 2.24) is 0 Å². The quantitative estimate of drug-likeness (QED) is 0.861. The fourth-order valence-corrected chi connectivity index (χ4v) is 2.40. The van der Waals surface area contributed by atoms with Gasteiger partial charge in [-0.1, -0.05) is 13.8 Å². The molecule has 6 heteroatoms. The Kier molecular flexibility index (Phi) is 5.11. The number of rotatable bonds is 3. The normalized spacial score (nSPS) is 21.4. The minimum absolute atomic E-state index is 0.161. The topological polar surface area (TPSA) is 43.2 Å². The van der Waals surface area contributed by atoms with Gasteiger partial charge in [0.25, 0.3) is 0 Å². The monoisotopic (exact) mass is 310 g/mol. The molecule has 0 N–H and O–H groups in total. The van der Waals surface area contributed by atoms with E-state index in [1.54, 1.807) is 0 Å². The maximum Gasteiger partial charge on any atom is 0.209 e. The first-order valence-electron chi connectivity index (χ1n) is 7.13. The zero-order valence-electron chi connectivity index (χ0n) is 13.1. The lowest BCUT2D eigenvalue weighted by atomic mass is 10.00. The molecule has 0 amide bonds. The smallest absolute Gasteiger partial charge is 0.209 e. The molecule has 0 spiro atoms. The Labute approximate surface area is 128 Å². The molecule has 0 fully saturated rings. The van der Waals surface area contributed by atoms with Crippen molar-refractivity contribution < 1.29 is 18.3 Å². The van der Waals surface area contributed by atoms with Crippen LogP contribution in [0.25, 0.3) is 0 Å². The zero-order chi connectivity index (χ0) is 16.3. The first kappa shape index (κ1) is 16.4. The molecule has 0 aromatic heterocycles. The average molecular weight is 310 g/mol. The lowest BCUT2D eigenvalue weighted by molar-refractivity contribution is 0.332. The Morgan fingerprint density at radius 1 is 1.09 bits per heavy atom. The van der Waals surface area contributed by atoms with E-state index in [1.165, 1.54) is 20.3 Å². The Morgan fingerprint density at radius 3 is 2.36 bits per heavy atom. The summed E-state index contributed by atoms with van der Waals surface area (Å²) in [6.45, 7) is 4.01. The minimum Gasteiger partial charge on any atom is -0.483 e. The van der Waals surface area contributed by atoms with Crippen LogP contribution < -0.4 is 0 Å². The molecule has 0 bridgehead atoms. The number of benzene rings is 1. The SMILES string of the molecule is COC1=N[C@H](Cc2cc(F)ccc2F)C(OC)=N[C@H]1C(C)C. The first-order valence-corrected chi connectivity index (χ1v) is 7.13. The summed E-state index contributed by atoms with van der Waals surface area (Å²) in [5, 5.41) is 0. The van der Waals surface area contributed by atoms with Gasteiger partial charge in [0.2, 0.25) is 11.8 Å². The first-order chi connectivity index (χ1) is 10.5. The maximum absolute atomic E-state index is 13.8. The maximum atomic E-state index is 13.8. The van der Waals surface area contributed by atoms with Crippen LogP contribution in [0, 0.1) is 17.6 Å². The molecule has 4 nitrogen and oxygen atoms in total. The van der Waals surface area contributed by atoms with Crippen LogP contribution in [0.15, 0.2) is 28.2 Å². The third kappa shape index (κ3) is 3.43. The van der Waals surface area contributed by atoms with E-state index in [0.29, 0.717) is 11.8 Å². The molecule has 0 aliphatic carbocycles. The lowest BCUT2D eigenvalue weighted by Gasteiger charge is -2.27. The molecule has 22 heavy (non-hydrogen) atoms. The molecule has 2 atom stereocenters. The molecular weight excluding hydrogens is 290 g/mol. The molecule has 0 unspecified atom stereocenters. The molecular formula is C16H20F2N2O2. The van der Waals surface area contributed by atoms with Gasteiger partial charge in [0, 0.05) is 6.42 Å². The number of methoxy groups -OCH3 is 2. The standard InChI is InChI=1S/C16H20F2N2O2/c1-9(2)14-16(22-4)19-13(15(20-14)21-3)8-10-7-11(17)5-6-12(10)18/h5-7,9,13-14H,8H2,1-4H3/t13-,14+/m1/s1. The number of hydrogen-bond donors (Lipinski definition) is 0. The second-order valence-corrected chi connectivity index (χ2v) is 5.49. The van der Waals surface area contributed by atoms with Crippen molar-refractivity contribution in [2.24, 2.45) is 15.9 Å². The number of aliphatic imine (C=N–C) groups is 2. The molecule has 1 aliphatic rings. The zero-order valence-corrected chi connectivity index (χ0v) is 13.1. The van der Waals surface area contributed by atoms with Gasteiger partial charge in [0.15, 0.2) is 0 Å². The molecule has 0 saturated carbocycles. The third-order valence-corrected chi connectivity index (χ3v) is 3.56. The molecule has 0 saturated heterocycles. The van der Waals surface area contributed by atoms with E-state index in [-0.39, 0.29) is 23.9 Å². The van der Waals surface area contributed by atoms with E-state index in [2.05, 4.69) is 9.98 Å². The number of halogens is 2. The summed E-state index contributed by atoms with van der Waals surface area (Å²) >= 11 is 0. The molecule has 0 radical (unpaired) electrons. The Bertz CT molecular complexity index is 600. The van der Waals surface area contributed by atoms with Crippen LogP contribution >= 0.6 is 0 Å². The highest BCUT2D eigenvalue weighted by Gasteiger charge is 2.31. The highest BCUT2D eigenvalue weighted by molar-refractivity contribution is 5.94. The van der Waals surface area contributed by atoms with Crippen molar-refractivity contribution in [3.05, 3.63) is 35.4 Å². The van der Waals surface area contributed by atoms with Gasteiger partial charge in [-0.3, -0.25) is 0 Å². The van der Waals surface area contributed by atoms with Crippen molar-refractivity contribution >= 4 is 11.8 Å². The van der Waals surface area contributed by atoms with Crippen LogP contribution in [-0.4, -0.2) is 38.1 Å². The van der Waals surface area contributed by atoms with Crippen molar-refractivity contribution in [2.75, 3.05) is 14.2 Å². The summed E-state index contributed by atoms with van der Waals surface area (Å²) in [6.07, 6.45) is 0.161. The van der Waals surface area contributed by atoms with Gasteiger partial charge in [-0.05, 0) is 29.7 Å². The van der Waals surface area contributed by atoms with Crippen molar-refractivity contribution in [3.63, 3.8) is 0 Å². The minimum atomic E-state index is -0.522. The van der Waals surface area contributed by atoms with Gasteiger partial charge < -0.3 is 9.47 Å². The van der Waals surface area contributed by atoms with Crippen LogP contribution in [-0.2, 0) is 15.9 Å². The van der Waals surface area contributed by atoms with Gasteiger partial charge in [-0.25, -0.2) is 18.8 Å². The lowest BCUT2D eigenvalue weighted by Crippen LogP contribution is -2.38. The van der Waals surface area contributed by atoms with E-state index in [0.717, 1.165) is 12.1 Å². The molecule has 2 rings (SSSR count). The highest BCUT2D eigenvalue weighted by Crippen LogP contribution is 2.21. The van der Waals surface area contributed by atoms with Crippen LogP contribution in [0.2, 0.25) is 0 Å². The molecule has 1 aliphatic heterocycles. The van der Waals surface area contributed by atoms with Gasteiger partial charge in [-0.15, -0.1) is 0 Å². The predicted octanol–water partition coefficient (Wildman–Crippen LogP) is 3.00. The predicted molar refractivity (Wildman–Crippen MR) is 81.4 cm³/mol. The van der Waals surface area contributed by atoms with Crippen molar-refractivity contribution in [1.29, 1.82) is 0 Å². The average Bonchev–Trinajstić information content (AvgIpc) is 2.50. The summed E-state index contributed by atoms with van der Waals surface area (Å²) < 4.78 is 37.7. The molecule has 1 heterocycles. The number of nitrogens with zero attached hydrogens (tertiary/aromatic N) is 2. The van der Waals surface area contributed by atoms with E-state index in [1.807, 2.05) is 13.8 Å². The van der Waals surface area contributed by atoms with E-state index >= 15 is 0 Å². The summed E-state index contributed by atoms with van der Waals surface area (Å²) in [7, 11) is 3.03. The Morgan fingerprint density at radius 2 is 1.77 bits per heavy atom. The summed E-state index contributed by atoms with van der Waals surface area (Å²) in [6, 6.07) is 2.61. The van der Waals surface area contributed by atoms with E-state index in [4.69, 9.17) is 9.47 Å². The van der Waals surface area contributed by atoms with Crippen molar-refractivity contribution in [2.45, 2.75) is 32.4 Å². The van der Waals surface area contributed by atoms with Crippen molar-refractivity contribution in [3.8, 4) is 0 Å². The van der Waals surface area contributed by atoms with Gasteiger partial charge in [0.1, 0.15) is 23.7 Å². The van der Waals surface area contributed by atoms with Crippen LogP contribution in [0.4, 0.5) is 8.78 Å². The summed E-state index contributed by atoms with van der Waals surface area (Å²) in [5.74, 6) is 0.118. The Hall–Kier alpha value is -1.98. The van der Waals surface area contributed by atoms with E-state index in [9.17, 15) is 8.78 Å². The molecule has 1 aromatic rings. The van der Waals surface area contributed by atoms with Gasteiger partial charge in [-0.2, -0.15) is 0 Å². The largest absolute Gasteiger partial charge is 0.483 e. The summed E-state index contributed by atoms with van der Waals surface area (Å²) in [5.41, 5.74) is 0.233. The highest BCUT2D eigenvalue weighted by atomic mass is 19.1.